The molecule has 0 unspecified atom stereocenters. The number of methoxy groups -OCH3 is 1. The first kappa shape index (κ1) is 26.2. The number of nitrogens with zero attached hydrogens (tertiary/aromatic N) is 2. The van der Waals surface area contributed by atoms with E-state index in [9.17, 15) is 13.2 Å². The molecule has 1 atom stereocenters. The van der Waals surface area contributed by atoms with Gasteiger partial charge >= 0.3 is 5.69 Å². The zero-order valence-corrected chi connectivity index (χ0v) is 21.5. The molecule has 0 aliphatic carbocycles. The number of sulfone groups is 1. The van der Waals surface area contributed by atoms with Crippen molar-refractivity contribution in [3.8, 4) is 11.5 Å². The normalized spacial score (nSPS) is 12.0. The summed E-state index contributed by atoms with van der Waals surface area (Å²) in [5.41, 5.74) is 0.841. The summed E-state index contributed by atoms with van der Waals surface area (Å²) < 4.78 is 36.5. The number of rotatable bonds is 7. The van der Waals surface area contributed by atoms with E-state index in [1.54, 1.807) is 24.3 Å². The van der Waals surface area contributed by atoms with E-state index in [-0.39, 0.29) is 34.2 Å². The first-order chi connectivity index (χ1) is 13.2. The first-order valence-electron chi connectivity index (χ1n) is 8.47. The molecule has 0 fully saturated rings. The number of benzene rings is 1. The van der Waals surface area contributed by atoms with Crippen LogP contribution in [0.4, 0.5) is 0 Å². The van der Waals surface area contributed by atoms with E-state index in [1.165, 1.54) is 17.9 Å². The van der Waals surface area contributed by atoms with Crippen molar-refractivity contribution in [3.63, 3.8) is 0 Å². The van der Waals surface area contributed by atoms with E-state index in [4.69, 9.17) is 21.1 Å². The summed E-state index contributed by atoms with van der Waals surface area (Å²) in [7, 11) is -1.91. The van der Waals surface area contributed by atoms with E-state index < -0.39 is 21.6 Å². The van der Waals surface area contributed by atoms with Crippen LogP contribution in [0.25, 0.3) is 11.2 Å². The van der Waals surface area contributed by atoms with Gasteiger partial charge < -0.3 is 21.9 Å². The maximum Gasteiger partial charge on any atom is 0.328 e. The molecule has 2 heterocycles. The second kappa shape index (κ2) is 10.5. The fraction of sp³-hybridized carbons (Fsp3) is 0.316. The third-order valence-corrected chi connectivity index (χ3v) is 5.29. The predicted octanol–water partition coefficient (Wildman–Crippen LogP) is 2.87. The van der Waals surface area contributed by atoms with Gasteiger partial charge in [-0.1, -0.05) is 17.7 Å². The molecule has 1 aromatic carbocycles. The molecule has 0 bridgehead atoms. The van der Waals surface area contributed by atoms with Gasteiger partial charge in [0.05, 0.1) is 36.1 Å². The third-order valence-electron chi connectivity index (χ3n) is 4.17. The number of fused-ring (bicyclic) bond motifs is 1. The van der Waals surface area contributed by atoms with E-state index in [0.29, 0.717) is 39.9 Å². The minimum atomic E-state index is -3.43. The Morgan fingerprint density at radius 3 is 2.57 bits per heavy atom. The molecule has 11 heteroatoms. The van der Waals surface area contributed by atoms with Gasteiger partial charge in [-0.2, -0.15) is 0 Å². The van der Waals surface area contributed by atoms with E-state index in [0.717, 1.165) is 6.26 Å². The van der Waals surface area contributed by atoms with Crippen molar-refractivity contribution < 1.29 is 39.0 Å². The Labute approximate surface area is 194 Å². The summed E-state index contributed by atoms with van der Waals surface area (Å²) in [6, 6.07) is 5.83. The van der Waals surface area contributed by atoms with Crippen LogP contribution in [0, 0.1) is 7.43 Å². The van der Waals surface area contributed by atoms with Gasteiger partial charge in [-0.15, -0.1) is 0 Å². The topological polar surface area (TPSA) is 103 Å². The van der Waals surface area contributed by atoms with Crippen molar-refractivity contribution in [2.75, 3.05) is 25.7 Å². The number of H-pyrrole nitrogens is 1. The molecule has 164 valence electrons. The minimum absolute atomic E-state index is 0. The van der Waals surface area contributed by atoms with E-state index in [1.807, 2.05) is 6.92 Å². The average molecular weight is 625 g/mol. The van der Waals surface area contributed by atoms with Gasteiger partial charge in [-0.3, -0.25) is 4.57 Å². The molecule has 3 aromatic rings. The fourth-order valence-corrected chi connectivity index (χ4v) is 4.13. The van der Waals surface area contributed by atoms with Gasteiger partial charge in [-0.05, 0) is 30.7 Å². The standard InChI is InChI=1S/C18H20ClN3O5S.CH3.W/c1-4-27-16-7-11(5-6-15(16)26-2)14(10-28(3,24)25)22-17-13(21-18(22)23)8-12(19)9-20-17;;/h5-9,14H,4,10H2,1-3H3,(H,21,23);1H3;/q;-1;/t14-;;/m1../s1. The molecule has 0 aliphatic heterocycles. The van der Waals surface area contributed by atoms with Crippen molar-refractivity contribution in [1.82, 2.24) is 14.5 Å². The molecule has 1 N–H and O–H groups in total. The van der Waals surface area contributed by atoms with Crippen LogP contribution in [-0.4, -0.2) is 48.7 Å². The van der Waals surface area contributed by atoms with Crippen molar-refractivity contribution >= 4 is 32.6 Å². The molecule has 2 aromatic heterocycles. The quantitative estimate of drug-likeness (QED) is 0.406. The van der Waals surface area contributed by atoms with Crippen LogP contribution in [0.2, 0.25) is 5.02 Å². The van der Waals surface area contributed by atoms with Crippen LogP contribution >= 0.6 is 11.6 Å². The van der Waals surface area contributed by atoms with Crippen LogP contribution in [0.3, 0.4) is 0 Å². The Hall–Kier alpha value is -1.83. The van der Waals surface area contributed by atoms with E-state index in [2.05, 4.69) is 9.97 Å². The summed E-state index contributed by atoms with van der Waals surface area (Å²) in [5, 5.41) is 0.364. The molecule has 0 saturated heterocycles. The van der Waals surface area contributed by atoms with Gasteiger partial charge in [0.25, 0.3) is 0 Å². The van der Waals surface area contributed by atoms with Crippen LogP contribution in [-0.2, 0) is 30.9 Å². The summed E-state index contributed by atoms with van der Waals surface area (Å²) in [5.74, 6) is 0.687. The molecular weight excluding hydrogens is 602 g/mol. The second-order valence-electron chi connectivity index (χ2n) is 6.28. The van der Waals surface area contributed by atoms with E-state index >= 15 is 0 Å². The second-order valence-corrected chi connectivity index (χ2v) is 8.90. The number of aromatic amines is 1. The molecule has 30 heavy (non-hydrogen) atoms. The smallest absolute Gasteiger partial charge is 0.328 e. The van der Waals surface area contributed by atoms with Gasteiger partial charge in [0.2, 0.25) is 0 Å². The van der Waals surface area contributed by atoms with Gasteiger partial charge in [0.15, 0.2) is 17.1 Å². The van der Waals surface area contributed by atoms with Crippen molar-refractivity contribution in [3.05, 3.63) is 59.0 Å². The van der Waals surface area contributed by atoms with Crippen molar-refractivity contribution in [2.45, 2.75) is 13.0 Å². The number of hydrogen-bond acceptors (Lipinski definition) is 6. The molecule has 0 radical (unpaired) electrons. The maximum absolute atomic E-state index is 12.7. The fourth-order valence-electron chi connectivity index (χ4n) is 3.05. The Morgan fingerprint density at radius 2 is 1.97 bits per heavy atom. The molecule has 0 saturated carbocycles. The number of pyridine rings is 1. The van der Waals surface area contributed by atoms with Crippen LogP contribution in [0.5, 0.6) is 11.5 Å². The Balaban J connectivity index is 0.00000225. The number of aromatic nitrogens is 3. The van der Waals surface area contributed by atoms with Crippen LogP contribution < -0.4 is 15.2 Å². The minimum Gasteiger partial charge on any atom is -0.493 e. The number of ether oxygens (including phenoxy) is 2. The Morgan fingerprint density at radius 1 is 1.27 bits per heavy atom. The van der Waals surface area contributed by atoms with Gasteiger partial charge in [0, 0.05) is 33.5 Å². The maximum atomic E-state index is 12.7. The largest absolute Gasteiger partial charge is 0.493 e. The van der Waals surface area contributed by atoms with Crippen molar-refractivity contribution in [1.29, 1.82) is 0 Å². The van der Waals surface area contributed by atoms with Crippen LogP contribution in [0.15, 0.2) is 35.3 Å². The Bertz CT molecular complexity index is 1180. The summed E-state index contributed by atoms with van der Waals surface area (Å²) in [6.45, 7) is 2.24. The number of halogens is 1. The predicted molar refractivity (Wildman–Crippen MR) is 114 cm³/mol. The molecular formula is C19H23ClN3O5SW-. The van der Waals surface area contributed by atoms with Crippen molar-refractivity contribution in [2.24, 2.45) is 0 Å². The Kier molecular flexibility index (Phi) is 9.14. The monoisotopic (exact) mass is 624 g/mol. The molecule has 0 spiro atoms. The van der Waals surface area contributed by atoms with Crippen LogP contribution in [0.1, 0.15) is 18.5 Å². The first-order valence-corrected chi connectivity index (χ1v) is 10.9. The number of hydrogen-bond donors (Lipinski definition) is 1. The van der Waals surface area contributed by atoms with Gasteiger partial charge in [-0.25, -0.2) is 18.2 Å². The number of imidazole rings is 1. The molecule has 8 nitrogen and oxygen atoms in total. The zero-order valence-electron chi connectivity index (χ0n) is 17.0. The summed E-state index contributed by atoms with van der Waals surface area (Å²) >= 11 is 5.95. The SMILES string of the molecule is CCOc1cc([C@@H](CS(C)(=O)=O)n2c(=O)[nH]c3cc(Cl)cnc32)ccc1OC.[CH3-].[W]. The summed E-state index contributed by atoms with van der Waals surface area (Å²) in [6.07, 6.45) is 2.53. The zero-order chi connectivity index (χ0) is 20.5. The molecule has 0 amide bonds. The molecule has 3 rings (SSSR count). The third kappa shape index (κ3) is 5.65. The van der Waals surface area contributed by atoms with Gasteiger partial charge in [0.1, 0.15) is 9.84 Å². The number of nitrogens with one attached hydrogen (secondary N) is 1. The molecule has 0 aliphatic rings. The average Bonchev–Trinajstić information content (AvgIpc) is 2.94. The summed E-state index contributed by atoms with van der Waals surface area (Å²) in [4.78, 5) is 19.6.